The van der Waals surface area contributed by atoms with E-state index < -0.39 is 5.54 Å². The quantitative estimate of drug-likeness (QED) is 0.881. The van der Waals surface area contributed by atoms with Gasteiger partial charge >= 0.3 is 6.03 Å². The molecule has 118 valence electrons. The highest BCUT2D eigenvalue weighted by Crippen LogP contribution is 2.42. The summed E-state index contributed by atoms with van der Waals surface area (Å²) in [5.41, 5.74) is 0.662. The number of nitrogens with zero attached hydrogens (tertiary/aromatic N) is 2. The highest BCUT2D eigenvalue weighted by molar-refractivity contribution is 6.07. The fourth-order valence-electron chi connectivity index (χ4n) is 3.05. The van der Waals surface area contributed by atoms with Gasteiger partial charge in [-0.15, -0.1) is 0 Å². The summed E-state index contributed by atoms with van der Waals surface area (Å²) in [4.78, 5) is 30.3. The van der Waals surface area contributed by atoms with Crippen LogP contribution in [0.3, 0.4) is 0 Å². The van der Waals surface area contributed by atoms with Crippen molar-refractivity contribution in [2.45, 2.75) is 31.8 Å². The number of rotatable bonds is 4. The van der Waals surface area contributed by atoms with Crippen molar-refractivity contribution in [2.24, 2.45) is 5.92 Å². The lowest BCUT2D eigenvalue weighted by Crippen LogP contribution is -2.46. The number of carbonyl (C=O) groups excluding carboxylic acids is 2. The maximum atomic E-state index is 12.6. The van der Waals surface area contributed by atoms with Crippen molar-refractivity contribution in [3.8, 4) is 11.5 Å². The van der Waals surface area contributed by atoms with Gasteiger partial charge in [-0.1, -0.05) is 18.2 Å². The Balaban J connectivity index is 1.54. The molecule has 23 heavy (non-hydrogen) atoms. The van der Waals surface area contributed by atoms with Gasteiger partial charge in [-0.05, 0) is 37.8 Å². The molecule has 1 aliphatic heterocycles. The van der Waals surface area contributed by atoms with Gasteiger partial charge in [0.15, 0.2) is 0 Å². The van der Waals surface area contributed by atoms with Gasteiger partial charge in [0.25, 0.3) is 5.91 Å². The molecule has 1 saturated heterocycles. The molecule has 1 aliphatic carbocycles. The Morgan fingerprint density at radius 2 is 2.04 bits per heavy atom. The van der Waals surface area contributed by atoms with E-state index in [0.29, 0.717) is 11.6 Å². The normalized spacial score (nSPS) is 24.1. The summed E-state index contributed by atoms with van der Waals surface area (Å²) in [7, 11) is 0. The summed E-state index contributed by atoms with van der Waals surface area (Å²) in [5.74, 6) is 0.563. The zero-order valence-electron chi connectivity index (χ0n) is 12.8. The van der Waals surface area contributed by atoms with Crippen LogP contribution < -0.4 is 5.32 Å². The van der Waals surface area contributed by atoms with Crippen LogP contribution in [0.4, 0.5) is 4.79 Å². The average Bonchev–Trinajstić information content (AvgIpc) is 3.28. The largest absolute Gasteiger partial charge is 0.444 e. The van der Waals surface area contributed by atoms with E-state index in [4.69, 9.17) is 4.42 Å². The Kier molecular flexibility index (Phi) is 3.01. The first-order chi connectivity index (χ1) is 11.1. The van der Waals surface area contributed by atoms with E-state index in [0.717, 1.165) is 18.4 Å². The van der Waals surface area contributed by atoms with Crippen molar-refractivity contribution >= 4 is 11.9 Å². The smallest absolute Gasteiger partial charge is 0.325 e. The topological polar surface area (TPSA) is 75.4 Å². The Hall–Kier alpha value is -2.63. The van der Waals surface area contributed by atoms with E-state index in [9.17, 15) is 9.59 Å². The molecule has 3 amide bonds. The molecule has 6 heteroatoms. The van der Waals surface area contributed by atoms with Crippen LogP contribution in [0.15, 0.2) is 41.0 Å². The molecular formula is C17H17N3O3. The fourth-order valence-corrected chi connectivity index (χ4v) is 3.05. The molecule has 2 heterocycles. The Bertz CT molecular complexity index is 766. The van der Waals surface area contributed by atoms with Crippen molar-refractivity contribution in [1.29, 1.82) is 0 Å². The molecule has 1 aromatic heterocycles. The van der Waals surface area contributed by atoms with Gasteiger partial charge in [0, 0.05) is 5.56 Å². The predicted octanol–water partition coefficient (Wildman–Crippen LogP) is 2.56. The minimum absolute atomic E-state index is 0.128. The molecular weight excluding hydrogens is 294 g/mol. The molecule has 2 aliphatic rings. The van der Waals surface area contributed by atoms with E-state index in [-0.39, 0.29) is 24.4 Å². The van der Waals surface area contributed by atoms with Gasteiger partial charge in [-0.25, -0.2) is 9.78 Å². The highest BCUT2D eigenvalue weighted by Gasteiger charge is 2.55. The number of amides is 3. The molecule has 4 rings (SSSR count). The van der Waals surface area contributed by atoms with Crippen LogP contribution in [0, 0.1) is 5.92 Å². The summed E-state index contributed by atoms with van der Waals surface area (Å²) in [6, 6.07) is 9.16. The second-order valence-corrected chi connectivity index (χ2v) is 6.31. The van der Waals surface area contributed by atoms with E-state index >= 15 is 0 Å². The molecule has 1 unspecified atom stereocenters. The van der Waals surface area contributed by atoms with Crippen molar-refractivity contribution in [2.75, 3.05) is 0 Å². The predicted molar refractivity (Wildman–Crippen MR) is 82.1 cm³/mol. The van der Waals surface area contributed by atoms with Crippen LogP contribution in [-0.2, 0) is 11.3 Å². The zero-order chi connectivity index (χ0) is 16.0. The number of urea groups is 1. The molecule has 6 nitrogen and oxygen atoms in total. The van der Waals surface area contributed by atoms with Crippen LogP contribution >= 0.6 is 0 Å². The van der Waals surface area contributed by atoms with Crippen molar-refractivity contribution in [3.63, 3.8) is 0 Å². The molecule has 2 aromatic rings. The lowest BCUT2D eigenvalue weighted by atomic mass is 9.96. The molecule has 1 saturated carbocycles. The number of hydrogen-bond donors (Lipinski definition) is 1. The standard InChI is InChI=1S/C17H17N3O3/c1-17(12-7-8-12)15(21)20(16(22)19-17)9-13-10-23-14(18-13)11-5-3-2-4-6-11/h2-6,10,12H,7-9H2,1H3,(H,19,22). The SMILES string of the molecule is CC1(C2CC2)NC(=O)N(Cc2coc(-c3ccccc3)n2)C1=O. The Morgan fingerprint density at radius 1 is 1.30 bits per heavy atom. The summed E-state index contributed by atoms with van der Waals surface area (Å²) in [6.45, 7) is 1.94. The minimum atomic E-state index is -0.761. The van der Waals surface area contributed by atoms with Gasteiger partial charge in [-0.2, -0.15) is 0 Å². The molecule has 0 bridgehead atoms. The van der Waals surface area contributed by atoms with Crippen LogP contribution in [0.1, 0.15) is 25.5 Å². The third-order valence-electron chi connectivity index (χ3n) is 4.59. The second-order valence-electron chi connectivity index (χ2n) is 6.31. The number of oxazole rings is 1. The minimum Gasteiger partial charge on any atom is -0.444 e. The third kappa shape index (κ3) is 2.30. The summed E-state index contributed by atoms with van der Waals surface area (Å²) in [6.07, 6.45) is 3.46. The van der Waals surface area contributed by atoms with Crippen LogP contribution in [-0.4, -0.2) is 27.4 Å². The molecule has 1 aromatic carbocycles. The first kappa shape index (κ1) is 14.0. The third-order valence-corrected chi connectivity index (χ3v) is 4.59. The van der Waals surface area contributed by atoms with Gasteiger partial charge in [0.05, 0.1) is 12.2 Å². The highest BCUT2D eigenvalue weighted by atomic mass is 16.3. The average molecular weight is 311 g/mol. The monoisotopic (exact) mass is 311 g/mol. The molecule has 0 radical (unpaired) electrons. The maximum Gasteiger partial charge on any atom is 0.325 e. The number of carbonyl (C=O) groups is 2. The number of benzene rings is 1. The van der Waals surface area contributed by atoms with Gasteiger partial charge in [0.1, 0.15) is 11.8 Å². The lowest BCUT2D eigenvalue weighted by molar-refractivity contribution is -0.131. The van der Waals surface area contributed by atoms with Gasteiger partial charge in [-0.3, -0.25) is 9.69 Å². The summed E-state index contributed by atoms with van der Waals surface area (Å²) >= 11 is 0. The Morgan fingerprint density at radius 3 is 2.74 bits per heavy atom. The van der Waals surface area contributed by atoms with Crippen LogP contribution in [0.5, 0.6) is 0 Å². The number of imide groups is 1. The molecule has 1 atom stereocenters. The van der Waals surface area contributed by atoms with E-state index in [1.807, 2.05) is 37.3 Å². The molecule has 2 fully saturated rings. The van der Waals surface area contributed by atoms with E-state index in [1.54, 1.807) is 0 Å². The molecule has 1 N–H and O–H groups in total. The van der Waals surface area contributed by atoms with Crippen molar-refractivity contribution in [1.82, 2.24) is 15.2 Å². The van der Waals surface area contributed by atoms with Crippen LogP contribution in [0.25, 0.3) is 11.5 Å². The summed E-state index contributed by atoms with van der Waals surface area (Å²) < 4.78 is 5.46. The van der Waals surface area contributed by atoms with E-state index in [1.165, 1.54) is 11.2 Å². The van der Waals surface area contributed by atoms with Crippen molar-refractivity contribution in [3.05, 3.63) is 42.3 Å². The van der Waals surface area contributed by atoms with Crippen LogP contribution in [0.2, 0.25) is 0 Å². The molecule has 0 spiro atoms. The first-order valence-electron chi connectivity index (χ1n) is 7.72. The maximum absolute atomic E-state index is 12.6. The van der Waals surface area contributed by atoms with E-state index in [2.05, 4.69) is 10.3 Å². The lowest BCUT2D eigenvalue weighted by Gasteiger charge is -2.20. The summed E-state index contributed by atoms with van der Waals surface area (Å²) in [5, 5.41) is 2.83. The number of aromatic nitrogens is 1. The first-order valence-corrected chi connectivity index (χ1v) is 7.72. The number of hydrogen-bond acceptors (Lipinski definition) is 4. The fraction of sp³-hybridized carbons (Fsp3) is 0.353. The second kappa shape index (κ2) is 4.94. The van der Waals surface area contributed by atoms with Crippen molar-refractivity contribution < 1.29 is 14.0 Å². The Labute approximate surface area is 133 Å². The zero-order valence-corrected chi connectivity index (χ0v) is 12.8. The van der Waals surface area contributed by atoms with Gasteiger partial charge < -0.3 is 9.73 Å². The number of nitrogens with one attached hydrogen (secondary N) is 1. The van der Waals surface area contributed by atoms with Gasteiger partial charge in [0.2, 0.25) is 5.89 Å².